The molecule has 0 atom stereocenters. The Morgan fingerprint density at radius 2 is 2.00 bits per heavy atom. The zero-order valence-corrected chi connectivity index (χ0v) is 8.05. The molecule has 0 N–H and O–H groups in total. The Kier molecular flexibility index (Phi) is 5.38. The van der Waals surface area contributed by atoms with Crippen molar-refractivity contribution in [1.82, 2.24) is 4.98 Å². The molecule has 4 heteroatoms. The molecular weight excluding hydrogens is 201 g/mol. The normalized spacial score (nSPS) is 8.45. The smallest absolute Gasteiger partial charge is 0.0852 e. The van der Waals surface area contributed by atoms with Crippen molar-refractivity contribution in [1.29, 1.82) is 0 Å². The standard InChI is InChI=1S/C7H6ClNS.ClH/c8-7(10)5-6-1-3-9-4-2-6;/h1-4H,5H2;1H. The van der Waals surface area contributed by atoms with Gasteiger partial charge in [0, 0.05) is 18.8 Å². The summed E-state index contributed by atoms with van der Waals surface area (Å²) in [6, 6.07) is 3.80. The van der Waals surface area contributed by atoms with Crippen molar-refractivity contribution in [2.24, 2.45) is 0 Å². The third kappa shape index (κ3) is 4.30. The van der Waals surface area contributed by atoms with Gasteiger partial charge < -0.3 is 0 Å². The van der Waals surface area contributed by atoms with E-state index >= 15 is 0 Å². The van der Waals surface area contributed by atoms with Crippen molar-refractivity contribution in [3.63, 3.8) is 0 Å². The van der Waals surface area contributed by atoms with Gasteiger partial charge in [0.05, 0.1) is 4.32 Å². The first-order valence-corrected chi connectivity index (χ1v) is 3.65. The molecule has 1 nitrogen and oxygen atoms in total. The van der Waals surface area contributed by atoms with Gasteiger partial charge in [-0.15, -0.1) is 12.4 Å². The van der Waals surface area contributed by atoms with Crippen LogP contribution in [0.5, 0.6) is 0 Å². The lowest BCUT2D eigenvalue weighted by atomic mass is 10.2. The van der Waals surface area contributed by atoms with Gasteiger partial charge in [0.25, 0.3) is 0 Å². The Morgan fingerprint density at radius 1 is 1.45 bits per heavy atom. The first-order valence-electron chi connectivity index (χ1n) is 2.86. The van der Waals surface area contributed by atoms with Crippen LogP contribution in [0.3, 0.4) is 0 Å². The minimum Gasteiger partial charge on any atom is -0.265 e. The number of thiocarbonyl (C=S) groups is 1. The number of nitrogens with zero attached hydrogens (tertiary/aromatic N) is 1. The zero-order chi connectivity index (χ0) is 7.40. The van der Waals surface area contributed by atoms with Crippen molar-refractivity contribution in [2.45, 2.75) is 6.42 Å². The highest BCUT2D eigenvalue weighted by molar-refractivity contribution is 7.83. The Bertz CT molecular complexity index is 225. The lowest BCUT2D eigenvalue weighted by molar-refractivity contribution is 1.26. The fraction of sp³-hybridized carbons (Fsp3) is 0.143. The summed E-state index contributed by atoms with van der Waals surface area (Å²) in [5, 5.41) is 0. The van der Waals surface area contributed by atoms with Crippen LogP contribution in [-0.2, 0) is 6.42 Å². The van der Waals surface area contributed by atoms with Crippen LogP contribution in [0.2, 0.25) is 0 Å². The average Bonchev–Trinajstić information content (AvgIpc) is 1.88. The molecule has 0 aromatic carbocycles. The Labute approximate surface area is 82.2 Å². The maximum Gasteiger partial charge on any atom is 0.0852 e. The summed E-state index contributed by atoms with van der Waals surface area (Å²) in [6.07, 6.45) is 4.11. The fourth-order valence-corrected chi connectivity index (χ4v) is 0.982. The van der Waals surface area contributed by atoms with Gasteiger partial charge in [0.15, 0.2) is 0 Å². The Morgan fingerprint density at radius 3 is 2.45 bits per heavy atom. The van der Waals surface area contributed by atoms with E-state index in [1.54, 1.807) is 12.4 Å². The van der Waals surface area contributed by atoms with Gasteiger partial charge in [-0.05, 0) is 17.7 Å². The van der Waals surface area contributed by atoms with E-state index in [0.717, 1.165) is 5.56 Å². The summed E-state index contributed by atoms with van der Waals surface area (Å²) in [5.74, 6) is 0. The van der Waals surface area contributed by atoms with E-state index in [4.69, 9.17) is 23.8 Å². The molecule has 1 heterocycles. The topological polar surface area (TPSA) is 12.9 Å². The third-order valence-corrected chi connectivity index (χ3v) is 1.37. The van der Waals surface area contributed by atoms with Gasteiger partial charge in [-0.2, -0.15) is 0 Å². The molecule has 1 aromatic rings. The molecule has 0 radical (unpaired) electrons. The summed E-state index contributed by atoms with van der Waals surface area (Å²) < 4.78 is 0.492. The van der Waals surface area contributed by atoms with Crippen LogP contribution in [0, 0.1) is 0 Å². The van der Waals surface area contributed by atoms with Crippen LogP contribution < -0.4 is 0 Å². The molecule has 0 saturated carbocycles. The monoisotopic (exact) mass is 207 g/mol. The molecule has 11 heavy (non-hydrogen) atoms. The number of hydrogen-bond acceptors (Lipinski definition) is 2. The molecule has 0 fully saturated rings. The molecule has 1 aromatic heterocycles. The molecule has 0 unspecified atom stereocenters. The van der Waals surface area contributed by atoms with E-state index in [2.05, 4.69) is 4.98 Å². The second kappa shape index (κ2) is 5.47. The second-order valence-electron chi connectivity index (χ2n) is 1.89. The van der Waals surface area contributed by atoms with E-state index in [0.29, 0.717) is 10.7 Å². The average molecular weight is 208 g/mol. The van der Waals surface area contributed by atoms with Crippen LogP contribution in [0.25, 0.3) is 0 Å². The summed E-state index contributed by atoms with van der Waals surface area (Å²) in [7, 11) is 0. The van der Waals surface area contributed by atoms with Crippen molar-refractivity contribution in [2.75, 3.05) is 0 Å². The quantitative estimate of drug-likeness (QED) is 0.547. The molecule has 0 bridgehead atoms. The van der Waals surface area contributed by atoms with Crippen molar-refractivity contribution in [3.05, 3.63) is 30.1 Å². The van der Waals surface area contributed by atoms with Gasteiger partial charge in [0.1, 0.15) is 0 Å². The highest BCUT2D eigenvalue weighted by Gasteiger charge is 1.92. The summed E-state index contributed by atoms with van der Waals surface area (Å²) in [4.78, 5) is 3.87. The number of hydrogen-bond donors (Lipinski definition) is 0. The molecule has 60 valence electrons. The van der Waals surface area contributed by atoms with Gasteiger partial charge in [-0.1, -0.05) is 23.8 Å². The molecule has 0 spiro atoms. The van der Waals surface area contributed by atoms with Gasteiger partial charge >= 0.3 is 0 Å². The first kappa shape index (κ1) is 10.8. The predicted molar refractivity (Wildman–Crippen MR) is 53.6 cm³/mol. The predicted octanol–water partition coefficient (Wildman–Crippen LogP) is 2.61. The highest BCUT2D eigenvalue weighted by atomic mass is 35.5. The minimum absolute atomic E-state index is 0. The van der Waals surface area contributed by atoms with Gasteiger partial charge in [0.2, 0.25) is 0 Å². The van der Waals surface area contributed by atoms with Crippen molar-refractivity contribution >= 4 is 40.5 Å². The molecular formula is C7H7Cl2NS. The third-order valence-electron chi connectivity index (χ3n) is 1.09. The number of halogens is 2. The highest BCUT2D eigenvalue weighted by Crippen LogP contribution is 2.01. The molecule has 0 aliphatic carbocycles. The van der Waals surface area contributed by atoms with Crippen LogP contribution in [0.15, 0.2) is 24.5 Å². The van der Waals surface area contributed by atoms with E-state index in [1.807, 2.05) is 12.1 Å². The maximum atomic E-state index is 5.52. The second-order valence-corrected chi connectivity index (χ2v) is 3.06. The maximum absolute atomic E-state index is 5.52. The first-order chi connectivity index (χ1) is 4.79. The van der Waals surface area contributed by atoms with Crippen LogP contribution in [-0.4, -0.2) is 9.31 Å². The fourth-order valence-electron chi connectivity index (χ4n) is 0.661. The van der Waals surface area contributed by atoms with Gasteiger partial charge in [-0.3, -0.25) is 4.98 Å². The SMILES string of the molecule is Cl.S=C(Cl)Cc1ccncc1. The number of pyridine rings is 1. The largest absolute Gasteiger partial charge is 0.265 e. The van der Waals surface area contributed by atoms with E-state index < -0.39 is 0 Å². The molecule has 0 amide bonds. The van der Waals surface area contributed by atoms with E-state index in [9.17, 15) is 0 Å². The Hall–Kier alpha value is -0.180. The number of rotatable bonds is 2. The van der Waals surface area contributed by atoms with Crippen LogP contribution in [0.1, 0.15) is 5.56 Å². The molecule has 1 rings (SSSR count). The zero-order valence-electron chi connectivity index (χ0n) is 5.66. The lowest BCUT2D eigenvalue weighted by Crippen LogP contribution is -1.89. The Balaban J connectivity index is 0.000001000. The molecule has 0 saturated heterocycles. The number of aromatic nitrogens is 1. The van der Waals surface area contributed by atoms with Crippen LogP contribution in [0.4, 0.5) is 0 Å². The molecule has 0 aliphatic rings. The van der Waals surface area contributed by atoms with Gasteiger partial charge in [-0.25, -0.2) is 0 Å². The van der Waals surface area contributed by atoms with E-state index in [1.165, 1.54) is 0 Å². The molecule has 0 aliphatic heterocycles. The summed E-state index contributed by atoms with van der Waals surface area (Å²) in [6.45, 7) is 0. The summed E-state index contributed by atoms with van der Waals surface area (Å²) >= 11 is 10.2. The van der Waals surface area contributed by atoms with Crippen LogP contribution >= 0.6 is 36.2 Å². The van der Waals surface area contributed by atoms with Crippen molar-refractivity contribution in [3.8, 4) is 0 Å². The lowest BCUT2D eigenvalue weighted by Gasteiger charge is -1.93. The van der Waals surface area contributed by atoms with E-state index in [-0.39, 0.29) is 12.4 Å². The minimum atomic E-state index is 0. The summed E-state index contributed by atoms with van der Waals surface area (Å²) in [5.41, 5.74) is 1.11. The van der Waals surface area contributed by atoms with Crippen molar-refractivity contribution < 1.29 is 0 Å².